The molecule has 0 bridgehead atoms. The summed E-state index contributed by atoms with van der Waals surface area (Å²) in [7, 11) is 0. The number of primary amides is 1. The van der Waals surface area contributed by atoms with E-state index in [1.165, 1.54) is 18.7 Å². The van der Waals surface area contributed by atoms with Crippen molar-refractivity contribution < 1.29 is 34.2 Å². The molecule has 0 spiro atoms. The van der Waals surface area contributed by atoms with Gasteiger partial charge >= 0.3 is 5.97 Å². The number of carbonyl (C=O) groups excluding carboxylic acids is 4. The zero-order valence-corrected chi connectivity index (χ0v) is 18.4. The average Bonchev–Trinajstić information content (AvgIpc) is 2.65. The van der Waals surface area contributed by atoms with Crippen LogP contribution in [0.2, 0.25) is 0 Å². The van der Waals surface area contributed by atoms with E-state index in [-0.39, 0.29) is 12.2 Å². The highest BCUT2D eigenvalue weighted by Gasteiger charge is 2.31. The van der Waals surface area contributed by atoms with Gasteiger partial charge < -0.3 is 37.6 Å². The molecule has 0 saturated carbocycles. The summed E-state index contributed by atoms with van der Waals surface area (Å²) in [5.74, 6) is -4.26. The number of nitrogens with one attached hydrogen (secondary N) is 3. The predicted molar refractivity (Wildman–Crippen MR) is 114 cm³/mol. The van der Waals surface area contributed by atoms with Crippen LogP contribution in [-0.4, -0.2) is 87.8 Å². The van der Waals surface area contributed by atoms with Crippen LogP contribution in [0.25, 0.3) is 0 Å². The molecule has 0 aliphatic carbocycles. The quantitative estimate of drug-likeness (QED) is 0.120. The fourth-order valence-electron chi connectivity index (χ4n) is 2.20. The number of hydrogen-bond donors (Lipinski definition) is 8. The molecule has 0 aromatic heterocycles. The Morgan fingerprint density at radius 2 is 1.57 bits per heavy atom. The van der Waals surface area contributed by atoms with Crippen LogP contribution < -0.4 is 27.4 Å². The summed E-state index contributed by atoms with van der Waals surface area (Å²) in [5.41, 5.74) is 10.6. The highest BCUT2D eigenvalue weighted by Crippen LogP contribution is 2.04. The number of aliphatic carboxylic acids is 1. The van der Waals surface area contributed by atoms with Crippen molar-refractivity contribution in [1.82, 2.24) is 16.0 Å². The minimum atomic E-state index is -1.57. The van der Waals surface area contributed by atoms with Crippen molar-refractivity contribution in [1.29, 1.82) is 0 Å². The van der Waals surface area contributed by atoms with Crippen molar-refractivity contribution in [3.05, 3.63) is 0 Å². The van der Waals surface area contributed by atoms with Gasteiger partial charge in [0.15, 0.2) is 6.04 Å². The molecule has 0 aromatic carbocycles. The number of amides is 4. The van der Waals surface area contributed by atoms with Crippen LogP contribution in [0.4, 0.5) is 0 Å². The van der Waals surface area contributed by atoms with E-state index >= 15 is 0 Å². The van der Waals surface area contributed by atoms with Crippen molar-refractivity contribution in [2.24, 2.45) is 11.5 Å². The van der Waals surface area contributed by atoms with E-state index in [4.69, 9.17) is 16.6 Å². The van der Waals surface area contributed by atoms with Gasteiger partial charge in [-0.15, -0.1) is 0 Å². The Labute approximate surface area is 183 Å². The number of rotatable bonds is 14. The fourth-order valence-corrected chi connectivity index (χ4v) is 2.93. The molecule has 0 radical (unpaired) electrons. The number of carboxylic acid groups (broad SMARTS) is 1. The first kappa shape index (κ1) is 28.0. The molecule has 14 heteroatoms. The Bertz CT molecular complexity index is 635. The lowest BCUT2D eigenvalue weighted by molar-refractivity contribution is -0.145. The van der Waals surface area contributed by atoms with Gasteiger partial charge in [-0.25, -0.2) is 4.79 Å². The monoisotopic (exact) mass is 467 g/mol. The van der Waals surface area contributed by atoms with Crippen LogP contribution in [0.3, 0.4) is 0 Å². The third kappa shape index (κ3) is 10.1. The molecule has 4 amide bonds. The highest BCUT2D eigenvalue weighted by atomic mass is 32.2. The van der Waals surface area contributed by atoms with Crippen LogP contribution in [0, 0.1) is 0 Å². The van der Waals surface area contributed by atoms with Gasteiger partial charge in [-0.1, -0.05) is 0 Å². The molecule has 0 aromatic rings. The van der Waals surface area contributed by atoms with Crippen LogP contribution in [0.1, 0.15) is 19.8 Å². The molecule has 0 fully saturated rings. The average molecular weight is 468 g/mol. The zero-order chi connectivity index (χ0) is 23.4. The molecule has 0 rings (SSSR count). The van der Waals surface area contributed by atoms with E-state index in [1.807, 2.05) is 0 Å². The largest absolute Gasteiger partial charge is 0.480 e. The summed E-state index contributed by atoms with van der Waals surface area (Å²) in [6, 6.07) is -5.10. The first-order chi connectivity index (χ1) is 13.9. The second-order valence-corrected chi connectivity index (χ2v) is 7.78. The Hall–Kier alpha value is -2.03. The van der Waals surface area contributed by atoms with Gasteiger partial charge in [0.1, 0.15) is 12.1 Å². The third-order valence-corrected chi connectivity index (χ3v) is 4.87. The Kier molecular flexibility index (Phi) is 13.1. The topological polar surface area (TPSA) is 214 Å². The maximum absolute atomic E-state index is 12.6. The van der Waals surface area contributed by atoms with Gasteiger partial charge in [0, 0.05) is 5.75 Å². The van der Waals surface area contributed by atoms with E-state index in [0.29, 0.717) is 5.75 Å². The fraction of sp³-hybridized carbons (Fsp3) is 0.688. The summed E-state index contributed by atoms with van der Waals surface area (Å²) in [5, 5.41) is 25.4. The molecule has 0 aliphatic rings. The standard InChI is InChI=1S/C16H29N5O7S2/c1-7(22)12(16(27)28)21-15(26)10(6-29)20-14(25)9(3-4-30-2)19-13(24)8(17)5-11(18)23/h7-10,12,22,29H,3-6,17H2,1-2H3,(H2,18,23)(H,19,24)(H,20,25)(H,21,26)(H,27,28). The predicted octanol–water partition coefficient (Wildman–Crippen LogP) is -3.21. The Balaban J connectivity index is 5.20. The maximum atomic E-state index is 12.6. The molecule has 0 heterocycles. The smallest absolute Gasteiger partial charge is 0.328 e. The van der Waals surface area contributed by atoms with E-state index in [1.54, 1.807) is 6.26 Å². The normalized spacial score (nSPS) is 15.8. The molecule has 9 N–H and O–H groups in total. The SMILES string of the molecule is CSCCC(NC(=O)C(N)CC(N)=O)C(=O)NC(CS)C(=O)NC(C(=O)O)C(C)O. The van der Waals surface area contributed by atoms with Crippen LogP contribution in [0.5, 0.6) is 0 Å². The van der Waals surface area contributed by atoms with Crippen molar-refractivity contribution >= 4 is 54.0 Å². The summed E-state index contributed by atoms with van der Waals surface area (Å²) in [4.78, 5) is 59.1. The van der Waals surface area contributed by atoms with E-state index < -0.39 is 66.3 Å². The molecule has 172 valence electrons. The molecule has 0 aliphatic heterocycles. The molecule has 5 atom stereocenters. The minimum Gasteiger partial charge on any atom is -0.480 e. The number of aliphatic hydroxyl groups excluding tert-OH is 1. The highest BCUT2D eigenvalue weighted by molar-refractivity contribution is 7.98. The molecule has 12 nitrogen and oxygen atoms in total. The number of nitrogens with two attached hydrogens (primary N) is 2. The summed E-state index contributed by atoms with van der Waals surface area (Å²) in [6.45, 7) is 1.19. The lowest BCUT2D eigenvalue weighted by Crippen LogP contribution is -2.59. The number of thiol groups is 1. The lowest BCUT2D eigenvalue weighted by atomic mass is 10.1. The van der Waals surface area contributed by atoms with Gasteiger partial charge in [0.25, 0.3) is 0 Å². The number of aliphatic hydroxyl groups is 1. The molecule has 0 saturated heterocycles. The number of carboxylic acids is 1. The van der Waals surface area contributed by atoms with E-state index in [0.717, 1.165) is 0 Å². The van der Waals surface area contributed by atoms with Crippen molar-refractivity contribution in [3.8, 4) is 0 Å². The van der Waals surface area contributed by atoms with Crippen molar-refractivity contribution in [3.63, 3.8) is 0 Å². The maximum Gasteiger partial charge on any atom is 0.328 e. The summed E-state index contributed by atoms with van der Waals surface area (Å²) in [6.07, 6.45) is 0.221. The van der Waals surface area contributed by atoms with Gasteiger partial charge in [-0.05, 0) is 25.4 Å². The third-order valence-electron chi connectivity index (χ3n) is 3.86. The van der Waals surface area contributed by atoms with E-state index in [2.05, 4.69) is 28.6 Å². The van der Waals surface area contributed by atoms with E-state index in [9.17, 15) is 29.1 Å². The molecule has 30 heavy (non-hydrogen) atoms. The molecular formula is C16H29N5O7S2. The zero-order valence-electron chi connectivity index (χ0n) is 16.7. The van der Waals surface area contributed by atoms with Crippen LogP contribution in [0.15, 0.2) is 0 Å². The number of hydrogen-bond acceptors (Lipinski definition) is 9. The molecule has 5 unspecified atom stereocenters. The molecular weight excluding hydrogens is 438 g/mol. The van der Waals surface area contributed by atoms with Gasteiger partial charge in [-0.2, -0.15) is 24.4 Å². The van der Waals surface area contributed by atoms with Crippen molar-refractivity contribution in [2.75, 3.05) is 17.8 Å². The first-order valence-corrected chi connectivity index (χ1v) is 10.9. The van der Waals surface area contributed by atoms with Crippen LogP contribution in [-0.2, 0) is 24.0 Å². The lowest BCUT2D eigenvalue weighted by Gasteiger charge is -2.25. The number of carbonyl (C=O) groups is 5. The Morgan fingerprint density at radius 3 is 2.00 bits per heavy atom. The second-order valence-electron chi connectivity index (χ2n) is 6.43. The van der Waals surface area contributed by atoms with Gasteiger partial charge in [0.05, 0.1) is 18.6 Å². The first-order valence-electron chi connectivity index (χ1n) is 8.90. The van der Waals surface area contributed by atoms with Gasteiger partial charge in [0.2, 0.25) is 23.6 Å². The summed E-state index contributed by atoms with van der Waals surface area (Å²) >= 11 is 5.40. The minimum absolute atomic E-state index is 0.173. The van der Waals surface area contributed by atoms with Gasteiger partial charge in [-0.3, -0.25) is 19.2 Å². The number of thioether (sulfide) groups is 1. The Morgan fingerprint density at radius 1 is 1.03 bits per heavy atom. The van der Waals surface area contributed by atoms with Crippen LogP contribution >= 0.6 is 24.4 Å². The second kappa shape index (κ2) is 14.1. The summed E-state index contributed by atoms with van der Waals surface area (Å²) < 4.78 is 0. The van der Waals surface area contributed by atoms with Crippen molar-refractivity contribution in [2.45, 2.75) is 50.0 Å².